The molecule has 4 aromatic rings. The number of sulfonamides is 1. The Hall–Kier alpha value is -2.84. The third kappa shape index (κ3) is 3.81. The summed E-state index contributed by atoms with van der Waals surface area (Å²) < 4.78 is 34.1. The molecule has 4 rings (SSSR count). The summed E-state index contributed by atoms with van der Waals surface area (Å²) in [6.45, 7) is 4.02. The van der Waals surface area contributed by atoms with Crippen molar-refractivity contribution >= 4 is 38.2 Å². The average Bonchev–Trinajstić information content (AvgIpc) is 3.38. The zero-order chi connectivity index (χ0) is 22.2. The number of nitrogens with one attached hydrogen (secondary N) is 1. The van der Waals surface area contributed by atoms with E-state index in [9.17, 15) is 8.42 Å². The van der Waals surface area contributed by atoms with Gasteiger partial charge in [-0.2, -0.15) is 4.98 Å². The molecule has 0 spiro atoms. The number of aryl methyl sites for hydroxylation is 1. The van der Waals surface area contributed by atoms with E-state index in [0.29, 0.717) is 35.3 Å². The van der Waals surface area contributed by atoms with Gasteiger partial charge in [-0.25, -0.2) is 8.42 Å². The minimum Gasteiger partial charge on any atom is -0.336 e. The predicted octanol–water partition coefficient (Wildman–Crippen LogP) is 4.81. The van der Waals surface area contributed by atoms with E-state index in [1.807, 2.05) is 55.6 Å². The Bertz CT molecular complexity index is 1330. The quantitative estimate of drug-likeness (QED) is 0.429. The Kier molecular flexibility index (Phi) is 5.53. The molecule has 9 heteroatoms. The van der Waals surface area contributed by atoms with E-state index in [1.165, 1.54) is 0 Å². The highest BCUT2D eigenvalue weighted by Crippen LogP contribution is 2.40. The molecule has 0 radical (unpaired) electrons. The van der Waals surface area contributed by atoms with Crippen LogP contribution in [0.4, 0.5) is 5.69 Å². The average molecular weight is 459 g/mol. The molecule has 0 aliphatic heterocycles. The maximum absolute atomic E-state index is 11.9. The zero-order valence-electron chi connectivity index (χ0n) is 17.5. The SMILES string of the molecule is CCc1noc(C(CC)(c2ccc(Cl)cc2)n2ccc3c(NS(C)(=O)=O)cccc32)n1. The van der Waals surface area contributed by atoms with Gasteiger partial charge in [-0.3, -0.25) is 4.72 Å². The van der Waals surface area contributed by atoms with Crippen molar-refractivity contribution in [1.29, 1.82) is 0 Å². The second-order valence-corrected chi connectivity index (χ2v) is 9.57. The monoisotopic (exact) mass is 458 g/mol. The summed E-state index contributed by atoms with van der Waals surface area (Å²) in [6, 6.07) is 15.0. The molecule has 0 aliphatic carbocycles. The molecule has 0 aliphatic rings. The van der Waals surface area contributed by atoms with Gasteiger partial charge in [0.1, 0.15) is 5.54 Å². The number of hydrogen-bond acceptors (Lipinski definition) is 5. The van der Waals surface area contributed by atoms with Crippen LogP contribution >= 0.6 is 11.6 Å². The molecule has 0 saturated heterocycles. The third-order valence-corrected chi connectivity index (χ3v) is 6.25. The first-order valence-electron chi connectivity index (χ1n) is 9.96. The molecule has 2 heterocycles. The van der Waals surface area contributed by atoms with Gasteiger partial charge in [0.15, 0.2) is 5.82 Å². The Balaban J connectivity index is 2.01. The van der Waals surface area contributed by atoms with E-state index in [2.05, 4.69) is 26.4 Å². The number of fused-ring (bicyclic) bond motifs is 1. The van der Waals surface area contributed by atoms with E-state index in [0.717, 1.165) is 22.7 Å². The van der Waals surface area contributed by atoms with E-state index in [-0.39, 0.29) is 0 Å². The van der Waals surface area contributed by atoms with Crippen LogP contribution < -0.4 is 4.72 Å². The van der Waals surface area contributed by atoms with Crippen molar-refractivity contribution in [3.63, 3.8) is 0 Å². The lowest BCUT2D eigenvalue weighted by atomic mass is 9.86. The van der Waals surface area contributed by atoms with Crippen LogP contribution in [0.1, 0.15) is 37.5 Å². The molecule has 0 fully saturated rings. The van der Waals surface area contributed by atoms with Gasteiger partial charge in [0.2, 0.25) is 10.0 Å². The molecule has 31 heavy (non-hydrogen) atoms. The van der Waals surface area contributed by atoms with Crippen molar-refractivity contribution in [2.24, 2.45) is 0 Å². The van der Waals surface area contributed by atoms with Crippen LogP contribution in [-0.2, 0) is 22.0 Å². The Morgan fingerprint density at radius 1 is 1.13 bits per heavy atom. The summed E-state index contributed by atoms with van der Waals surface area (Å²) in [5, 5.41) is 5.53. The number of benzene rings is 2. The van der Waals surface area contributed by atoms with Gasteiger partial charge in [0.25, 0.3) is 5.89 Å². The van der Waals surface area contributed by atoms with Crippen LogP contribution in [0.3, 0.4) is 0 Å². The molecular formula is C22H23ClN4O3S. The van der Waals surface area contributed by atoms with Gasteiger partial charge in [-0.05, 0) is 42.3 Å². The van der Waals surface area contributed by atoms with Crippen LogP contribution in [0.15, 0.2) is 59.3 Å². The first-order valence-corrected chi connectivity index (χ1v) is 12.2. The van der Waals surface area contributed by atoms with Crippen molar-refractivity contribution in [3.05, 3.63) is 77.0 Å². The summed E-state index contributed by atoms with van der Waals surface area (Å²) in [5.74, 6) is 1.09. The summed E-state index contributed by atoms with van der Waals surface area (Å²) in [6.07, 6.45) is 4.33. The van der Waals surface area contributed by atoms with Crippen molar-refractivity contribution < 1.29 is 12.9 Å². The standard InChI is InChI=1S/C22H23ClN4O3S/c1-4-20-24-21(30-25-20)22(5-2,15-9-11-16(23)12-10-15)27-14-13-17-18(26-31(3,28)29)7-6-8-19(17)27/h6-14,26H,4-5H2,1-3H3. The lowest BCUT2D eigenvalue weighted by Crippen LogP contribution is -2.35. The molecule has 0 saturated carbocycles. The molecule has 2 aromatic carbocycles. The highest BCUT2D eigenvalue weighted by molar-refractivity contribution is 7.92. The number of rotatable bonds is 7. The van der Waals surface area contributed by atoms with Crippen LogP contribution in [0, 0.1) is 0 Å². The van der Waals surface area contributed by atoms with Gasteiger partial charge >= 0.3 is 0 Å². The highest BCUT2D eigenvalue weighted by atomic mass is 35.5. The van der Waals surface area contributed by atoms with E-state index in [1.54, 1.807) is 6.07 Å². The Labute approximate surface area is 186 Å². The summed E-state index contributed by atoms with van der Waals surface area (Å²) in [5.41, 5.74) is 1.49. The lowest BCUT2D eigenvalue weighted by Gasteiger charge is -2.32. The van der Waals surface area contributed by atoms with Crippen molar-refractivity contribution in [2.45, 2.75) is 32.2 Å². The van der Waals surface area contributed by atoms with Crippen LogP contribution in [-0.4, -0.2) is 29.4 Å². The summed E-state index contributed by atoms with van der Waals surface area (Å²) in [7, 11) is -3.42. The normalized spacial score (nSPS) is 13.9. The van der Waals surface area contributed by atoms with Crippen LogP contribution in [0.25, 0.3) is 10.9 Å². The largest absolute Gasteiger partial charge is 0.336 e. The number of halogens is 1. The maximum Gasteiger partial charge on any atom is 0.257 e. The van der Waals surface area contributed by atoms with Crippen molar-refractivity contribution in [1.82, 2.24) is 14.7 Å². The topological polar surface area (TPSA) is 90.0 Å². The van der Waals surface area contributed by atoms with Gasteiger partial charge in [0.05, 0.1) is 17.5 Å². The minimum atomic E-state index is -3.42. The Morgan fingerprint density at radius 2 is 1.87 bits per heavy atom. The van der Waals surface area contributed by atoms with E-state index >= 15 is 0 Å². The fourth-order valence-corrected chi connectivity index (χ4v) is 4.68. The second kappa shape index (κ2) is 8.01. The van der Waals surface area contributed by atoms with Crippen molar-refractivity contribution in [2.75, 3.05) is 11.0 Å². The molecule has 7 nitrogen and oxygen atoms in total. The zero-order valence-corrected chi connectivity index (χ0v) is 19.0. The van der Waals surface area contributed by atoms with Gasteiger partial charge in [-0.1, -0.05) is 48.8 Å². The predicted molar refractivity (Wildman–Crippen MR) is 122 cm³/mol. The van der Waals surface area contributed by atoms with Crippen LogP contribution in [0.2, 0.25) is 5.02 Å². The Morgan fingerprint density at radius 3 is 2.48 bits per heavy atom. The van der Waals surface area contributed by atoms with Gasteiger partial charge in [0, 0.05) is 23.0 Å². The minimum absolute atomic E-state index is 0.466. The number of hydrogen-bond donors (Lipinski definition) is 1. The maximum atomic E-state index is 11.9. The summed E-state index contributed by atoms with van der Waals surface area (Å²) in [4.78, 5) is 4.67. The smallest absolute Gasteiger partial charge is 0.257 e. The van der Waals surface area contributed by atoms with E-state index in [4.69, 9.17) is 16.1 Å². The fraction of sp³-hybridized carbons (Fsp3) is 0.273. The van der Waals surface area contributed by atoms with Crippen molar-refractivity contribution in [3.8, 4) is 0 Å². The molecule has 1 atom stereocenters. The van der Waals surface area contributed by atoms with Gasteiger partial charge in [-0.15, -0.1) is 0 Å². The summed E-state index contributed by atoms with van der Waals surface area (Å²) >= 11 is 6.16. The molecule has 0 bridgehead atoms. The molecular weight excluding hydrogens is 436 g/mol. The number of anilines is 1. The van der Waals surface area contributed by atoms with E-state index < -0.39 is 15.6 Å². The first-order chi connectivity index (χ1) is 14.8. The molecule has 1 unspecified atom stereocenters. The first kappa shape index (κ1) is 21.4. The number of aromatic nitrogens is 3. The molecule has 162 valence electrons. The molecule has 1 N–H and O–H groups in total. The van der Waals surface area contributed by atoms with Gasteiger partial charge < -0.3 is 9.09 Å². The van der Waals surface area contributed by atoms with Crippen LogP contribution in [0.5, 0.6) is 0 Å². The second-order valence-electron chi connectivity index (χ2n) is 7.39. The number of nitrogens with zero attached hydrogens (tertiary/aromatic N) is 3. The molecule has 2 aromatic heterocycles. The fourth-order valence-electron chi connectivity index (χ4n) is 3.97. The highest BCUT2D eigenvalue weighted by Gasteiger charge is 2.41. The third-order valence-electron chi connectivity index (χ3n) is 5.41. The lowest BCUT2D eigenvalue weighted by molar-refractivity contribution is 0.276. The molecule has 0 amide bonds.